The minimum atomic E-state index is -0.422. The van der Waals surface area contributed by atoms with E-state index in [1.54, 1.807) is 22.8 Å². The van der Waals surface area contributed by atoms with Crippen molar-refractivity contribution in [1.82, 2.24) is 15.2 Å². The van der Waals surface area contributed by atoms with E-state index >= 15 is 0 Å². The van der Waals surface area contributed by atoms with Gasteiger partial charge in [0.25, 0.3) is 5.56 Å². The van der Waals surface area contributed by atoms with Crippen LogP contribution < -0.4 is 16.2 Å². The third kappa shape index (κ3) is 3.17. The number of halogens is 1. The summed E-state index contributed by atoms with van der Waals surface area (Å²) in [7, 11) is 0. The third-order valence-electron chi connectivity index (χ3n) is 6.99. The Bertz CT molecular complexity index is 1030. The molecule has 0 radical (unpaired) electrons. The second kappa shape index (κ2) is 7.63. The highest BCUT2D eigenvalue weighted by atomic mass is 19.1. The Labute approximate surface area is 174 Å². The predicted octanol–water partition coefficient (Wildman–Crippen LogP) is 1.96. The summed E-state index contributed by atoms with van der Waals surface area (Å²) in [5, 5.41) is 16.7. The van der Waals surface area contributed by atoms with E-state index in [4.69, 9.17) is 0 Å². The zero-order chi connectivity index (χ0) is 20.8. The normalized spacial score (nSPS) is 27.8. The number of carbonyl (C=O) groups is 1. The zero-order valence-electron chi connectivity index (χ0n) is 16.7. The van der Waals surface area contributed by atoms with Gasteiger partial charge in [-0.3, -0.25) is 9.59 Å². The Hall–Kier alpha value is -2.51. The highest BCUT2D eigenvalue weighted by Gasteiger charge is 2.51. The molecule has 1 aromatic heterocycles. The molecule has 2 aromatic rings. The lowest BCUT2D eigenvalue weighted by Gasteiger charge is -2.28. The topological polar surface area (TPSA) is 83.4 Å². The van der Waals surface area contributed by atoms with E-state index in [1.165, 1.54) is 12.1 Å². The Morgan fingerprint density at radius 2 is 2.03 bits per heavy atom. The first-order valence-corrected chi connectivity index (χ1v) is 10.7. The van der Waals surface area contributed by atoms with E-state index in [0.29, 0.717) is 17.7 Å². The third-order valence-corrected chi connectivity index (χ3v) is 6.99. The Morgan fingerprint density at radius 3 is 2.77 bits per heavy atom. The van der Waals surface area contributed by atoms with Crippen LogP contribution in [0.1, 0.15) is 37.4 Å². The predicted molar refractivity (Wildman–Crippen MR) is 110 cm³/mol. The Morgan fingerprint density at radius 1 is 1.23 bits per heavy atom. The first kappa shape index (κ1) is 19.5. The van der Waals surface area contributed by atoms with Crippen LogP contribution in [0.4, 0.5) is 4.39 Å². The van der Waals surface area contributed by atoms with Gasteiger partial charge < -0.3 is 20.3 Å². The molecular weight excluding hydrogens is 385 g/mol. The summed E-state index contributed by atoms with van der Waals surface area (Å²) in [6, 6.07) is 9.30. The molecule has 1 aliphatic carbocycles. The van der Waals surface area contributed by atoms with Crippen LogP contribution in [0.15, 0.2) is 41.2 Å². The molecule has 30 heavy (non-hydrogen) atoms. The van der Waals surface area contributed by atoms with Crippen LogP contribution in [0.2, 0.25) is 0 Å². The van der Waals surface area contributed by atoms with E-state index in [2.05, 4.69) is 10.6 Å². The zero-order valence-corrected chi connectivity index (χ0v) is 16.7. The maximum atomic E-state index is 13.7. The van der Waals surface area contributed by atoms with Gasteiger partial charge >= 0.3 is 0 Å². The molecule has 2 bridgehead atoms. The van der Waals surface area contributed by atoms with Gasteiger partial charge in [0.1, 0.15) is 5.82 Å². The van der Waals surface area contributed by atoms with E-state index in [9.17, 15) is 19.1 Å². The summed E-state index contributed by atoms with van der Waals surface area (Å²) in [5.41, 5.74) is 1.53. The molecule has 1 aromatic carbocycles. The number of fused-ring (bicyclic) bond motifs is 4. The highest BCUT2D eigenvalue weighted by molar-refractivity contribution is 5.81. The van der Waals surface area contributed by atoms with Gasteiger partial charge in [-0.1, -0.05) is 25.0 Å². The number of aromatic nitrogens is 1. The van der Waals surface area contributed by atoms with Crippen molar-refractivity contribution in [3.63, 3.8) is 0 Å². The quantitative estimate of drug-likeness (QED) is 0.718. The molecule has 3 N–H and O–H groups in total. The van der Waals surface area contributed by atoms with Crippen molar-refractivity contribution in [3.8, 4) is 11.1 Å². The van der Waals surface area contributed by atoms with E-state index < -0.39 is 5.92 Å². The molecule has 3 aliphatic rings. The standard InChI is InChI=1S/C23H26FN3O3/c24-14-5-3-4-13(10-14)16-8-9-19-21-20(22(29)25-15-6-1-2-7-15)17(12-28)18(26-21)11-27(19)23(16)30/h3-5,8-10,15,17-18,20-21,26,28H,1-2,6-7,11-12H2,(H,25,29)/t17-,18-,20+,21+/m0/s1. The van der Waals surface area contributed by atoms with Crippen molar-refractivity contribution in [3.05, 3.63) is 58.3 Å². The molecule has 4 atom stereocenters. The Kier molecular flexibility index (Phi) is 4.95. The number of carbonyl (C=O) groups excluding carboxylic acids is 1. The van der Waals surface area contributed by atoms with Crippen molar-refractivity contribution >= 4 is 5.91 Å². The van der Waals surface area contributed by atoms with E-state index in [1.807, 2.05) is 6.07 Å². The first-order valence-electron chi connectivity index (χ1n) is 10.7. The molecule has 5 rings (SSSR count). The summed E-state index contributed by atoms with van der Waals surface area (Å²) in [4.78, 5) is 26.4. The number of benzene rings is 1. The number of amides is 1. The number of aliphatic hydroxyl groups excluding tert-OH is 1. The second-order valence-electron chi connectivity index (χ2n) is 8.71. The maximum Gasteiger partial charge on any atom is 0.258 e. The van der Waals surface area contributed by atoms with Gasteiger partial charge in [0.05, 0.1) is 12.0 Å². The van der Waals surface area contributed by atoms with Crippen LogP contribution in [-0.2, 0) is 11.3 Å². The lowest BCUT2D eigenvalue weighted by molar-refractivity contribution is -0.127. The summed E-state index contributed by atoms with van der Waals surface area (Å²) >= 11 is 0. The van der Waals surface area contributed by atoms with Crippen molar-refractivity contribution in [1.29, 1.82) is 0 Å². The largest absolute Gasteiger partial charge is 0.396 e. The van der Waals surface area contributed by atoms with Crippen molar-refractivity contribution in [2.45, 2.75) is 50.4 Å². The van der Waals surface area contributed by atoms with Gasteiger partial charge in [-0.15, -0.1) is 0 Å². The lowest BCUT2D eigenvalue weighted by atomic mass is 9.86. The first-order chi connectivity index (χ1) is 14.6. The number of aliphatic hydroxyl groups is 1. The molecule has 2 aliphatic heterocycles. The Balaban J connectivity index is 1.51. The van der Waals surface area contributed by atoms with Crippen LogP contribution in [0.5, 0.6) is 0 Å². The lowest BCUT2D eigenvalue weighted by Crippen LogP contribution is -2.43. The average Bonchev–Trinajstić information content (AvgIpc) is 3.34. The van der Waals surface area contributed by atoms with Gasteiger partial charge in [-0.2, -0.15) is 0 Å². The van der Waals surface area contributed by atoms with Crippen molar-refractivity contribution in [2.24, 2.45) is 11.8 Å². The van der Waals surface area contributed by atoms with Crippen LogP contribution in [0.25, 0.3) is 11.1 Å². The molecule has 1 saturated heterocycles. The molecule has 158 valence electrons. The minimum Gasteiger partial charge on any atom is -0.396 e. The van der Waals surface area contributed by atoms with Crippen molar-refractivity contribution in [2.75, 3.05) is 6.61 Å². The number of rotatable bonds is 4. The van der Waals surface area contributed by atoms with Gasteiger partial charge in [-0.05, 0) is 42.7 Å². The SMILES string of the molecule is O=C(NC1CCCC1)[C@@H]1[C@@H](CO)[C@@H]2Cn3c(ccc(-c4cccc(F)c4)c3=O)[C@H]1N2. The molecule has 6 nitrogen and oxygen atoms in total. The number of nitrogens with one attached hydrogen (secondary N) is 2. The summed E-state index contributed by atoms with van der Waals surface area (Å²) in [6.07, 6.45) is 4.25. The van der Waals surface area contributed by atoms with E-state index in [-0.39, 0.29) is 47.9 Å². The van der Waals surface area contributed by atoms with Gasteiger partial charge in [0.2, 0.25) is 5.91 Å². The van der Waals surface area contributed by atoms with Crippen molar-refractivity contribution < 1.29 is 14.3 Å². The second-order valence-corrected chi connectivity index (χ2v) is 8.71. The number of hydrogen-bond donors (Lipinski definition) is 3. The fourth-order valence-corrected chi connectivity index (χ4v) is 5.49. The summed E-state index contributed by atoms with van der Waals surface area (Å²) in [5.74, 6) is -1.11. The average molecular weight is 411 g/mol. The molecule has 0 unspecified atom stereocenters. The summed E-state index contributed by atoms with van der Waals surface area (Å²) < 4.78 is 15.4. The van der Waals surface area contributed by atoms with Crippen LogP contribution in [-0.4, -0.2) is 34.3 Å². The molecule has 1 amide bonds. The smallest absolute Gasteiger partial charge is 0.258 e. The van der Waals surface area contributed by atoms with Gasteiger partial charge in [0, 0.05) is 42.4 Å². The maximum absolute atomic E-state index is 13.7. The molecule has 3 heterocycles. The fraction of sp³-hybridized carbons (Fsp3) is 0.478. The monoisotopic (exact) mass is 411 g/mol. The molecule has 2 fully saturated rings. The van der Waals surface area contributed by atoms with Gasteiger partial charge in [0.15, 0.2) is 0 Å². The molecule has 7 heteroatoms. The number of nitrogens with zero attached hydrogens (tertiary/aromatic N) is 1. The molecular formula is C23H26FN3O3. The van der Waals surface area contributed by atoms with Crippen LogP contribution in [0.3, 0.4) is 0 Å². The minimum absolute atomic E-state index is 0.0453. The van der Waals surface area contributed by atoms with Crippen LogP contribution in [0, 0.1) is 17.7 Å². The van der Waals surface area contributed by atoms with E-state index in [0.717, 1.165) is 31.4 Å². The number of pyridine rings is 1. The summed E-state index contributed by atoms with van der Waals surface area (Å²) in [6.45, 7) is 0.267. The van der Waals surface area contributed by atoms with Crippen LogP contribution >= 0.6 is 0 Å². The molecule has 1 saturated carbocycles. The fourth-order valence-electron chi connectivity index (χ4n) is 5.49. The molecule has 0 spiro atoms. The van der Waals surface area contributed by atoms with Gasteiger partial charge in [-0.25, -0.2) is 4.39 Å². The number of hydrogen-bond acceptors (Lipinski definition) is 4. The highest BCUT2D eigenvalue weighted by Crippen LogP contribution is 2.41.